The highest BCUT2D eigenvalue weighted by Gasteiger charge is 2.03. The first-order chi connectivity index (χ1) is 12.6. The SMILES string of the molecule is O=C(O)c1ccc(CCc2cccc(CCc3ccc(O)cc3)c2)cc1. The summed E-state index contributed by atoms with van der Waals surface area (Å²) in [6.45, 7) is 0. The molecule has 26 heavy (non-hydrogen) atoms. The average Bonchev–Trinajstić information content (AvgIpc) is 2.66. The highest BCUT2D eigenvalue weighted by molar-refractivity contribution is 5.87. The van der Waals surface area contributed by atoms with E-state index in [0.717, 1.165) is 31.2 Å². The number of carboxylic acids is 1. The zero-order chi connectivity index (χ0) is 18.4. The molecule has 0 saturated carbocycles. The number of aryl methyl sites for hydroxylation is 4. The van der Waals surface area contributed by atoms with Crippen molar-refractivity contribution in [2.75, 3.05) is 0 Å². The molecule has 0 radical (unpaired) electrons. The van der Waals surface area contributed by atoms with E-state index in [0.29, 0.717) is 11.3 Å². The third-order valence-corrected chi connectivity index (χ3v) is 4.53. The maximum atomic E-state index is 10.9. The molecule has 0 fully saturated rings. The van der Waals surface area contributed by atoms with Gasteiger partial charge in [-0.25, -0.2) is 4.79 Å². The first-order valence-electron chi connectivity index (χ1n) is 8.78. The van der Waals surface area contributed by atoms with Crippen molar-refractivity contribution in [3.8, 4) is 5.75 Å². The number of benzene rings is 3. The van der Waals surface area contributed by atoms with Crippen molar-refractivity contribution < 1.29 is 15.0 Å². The molecule has 0 spiro atoms. The summed E-state index contributed by atoms with van der Waals surface area (Å²) in [4.78, 5) is 10.9. The number of rotatable bonds is 7. The Morgan fingerprint density at radius 2 is 1.12 bits per heavy atom. The summed E-state index contributed by atoms with van der Waals surface area (Å²) in [5, 5.41) is 18.3. The van der Waals surface area contributed by atoms with Crippen LogP contribution in [0.3, 0.4) is 0 Å². The Hall–Kier alpha value is -3.07. The van der Waals surface area contributed by atoms with Crippen molar-refractivity contribution in [3.63, 3.8) is 0 Å². The average molecular weight is 346 g/mol. The van der Waals surface area contributed by atoms with E-state index in [1.54, 1.807) is 24.3 Å². The number of carbonyl (C=O) groups is 1. The zero-order valence-electron chi connectivity index (χ0n) is 14.6. The first kappa shape index (κ1) is 17.7. The normalized spacial score (nSPS) is 10.6. The molecule has 3 aromatic carbocycles. The second-order valence-corrected chi connectivity index (χ2v) is 6.49. The molecule has 0 bridgehead atoms. The monoisotopic (exact) mass is 346 g/mol. The van der Waals surface area contributed by atoms with Crippen molar-refractivity contribution in [2.24, 2.45) is 0 Å². The standard InChI is InChI=1S/C23H22O3/c24-22-14-10-18(11-15-22)5-7-20-3-1-2-19(16-20)6-4-17-8-12-21(13-9-17)23(25)26/h1-3,8-16,24H,4-7H2,(H,25,26). The fraction of sp³-hybridized carbons (Fsp3) is 0.174. The van der Waals surface area contributed by atoms with Crippen molar-refractivity contribution in [3.05, 3.63) is 101 Å². The van der Waals surface area contributed by atoms with Crippen LogP contribution in [0.5, 0.6) is 5.75 Å². The molecule has 3 aromatic rings. The minimum Gasteiger partial charge on any atom is -0.508 e. The van der Waals surface area contributed by atoms with Crippen LogP contribution in [0, 0.1) is 0 Å². The lowest BCUT2D eigenvalue weighted by molar-refractivity contribution is 0.0697. The smallest absolute Gasteiger partial charge is 0.335 e. The van der Waals surface area contributed by atoms with Gasteiger partial charge in [-0.1, -0.05) is 48.5 Å². The molecular formula is C23H22O3. The minimum absolute atomic E-state index is 0.298. The summed E-state index contributed by atoms with van der Waals surface area (Å²) in [6, 6.07) is 23.1. The number of aromatic hydroxyl groups is 1. The lowest BCUT2D eigenvalue weighted by atomic mass is 9.99. The van der Waals surface area contributed by atoms with Gasteiger partial charge < -0.3 is 10.2 Å². The molecule has 3 nitrogen and oxygen atoms in total. The molecule has 0 aliphatic carbocycles. The molecule has 0 aliphatic rings. The van der Waals surface area contributed by atoms with Crippen LogP contribution in [-0.2, 0) is 25.7 Å². The van der Waals surface area contributed by atoms with Crippen LogP contribution in [0.4, 0.5) is 0 Å². The Kier molecular flexibility index (Phi) is 5.69. The fourth-order valence-corrected chi connectivity index (χ4v) is 2.99. The third kappa shape index (κ3) is 4.96. The summed E-state index contributed by atoms with van der Waals surface area (Å²) in [6.07, 6.45) is 3.73. The molecule has 0 heterocycles. The Bertz CT molecular complexity index is 865. The highest BCUT2D eigenvalue weighted by Crippen LogP contribution is 2.15. The maximum Gasteiger partial charge on any atom is 0.335 e. The number of carboxylic acid groups (broad SMARTS) is 1. The molecule has 0 saturated heterocycles. The maximum absolute atomic E-state index is 10.9. The van der Waals surface area contributed by atoms with Gasteiger partial charge in [-0.2, -0.15) is 0 Å². The van der Waals surface area contributed by atoms with E-state index < -0.39 is 5.97 Å². The minimum atomic E-state index is -0.891. The van der Waals surface area contributed by atoms with Crippen LogP contribution in [0.1, 0.15) is 32.6 Å². The number of hydrogen-bond acceptors (Lipinski definition) is 2. The predicted octanol–water partition coefficient (Wildman–Crippen LogP) is 4.66. The van der Waals surface area contributed by atoms with Gasteiger partial charge in [0.15, 0.2) is 0 Å². The lowest BCUT2D eigenvalue weighted by Crippen LogP contribution is -1.98. The molecule has 0 aliphatic heterocycles. The van der Waals surface area contributed by atoms with E-state index in [2.05, 4.69) is 24.3 Å². The van der Waals surface area contributed by atoms with Crippen LogP contribution in [-0.4, -0.2) is 16.2 Å². The van der Waals surface area contributed by atoms with E-state index in [9.17, 15) is 9.90 Å². The van der Waals surface area contributed by atoms with Gasteiger partial charge in [0, 0.05) is 0 Å². The van der Waals surface area contributed by atoms with Crippen molar-refractivity contribution in [2.45, 2.75) is 25.7 Å². The van der Waals surface area contributed by atoms with Crippen molar-refractivity contribution in [1.82, 2.24) is 0 Å². The Morgan fingerprint density at radius 3 is 1.62 bits per heavy atom. The van der Waals surface area contributed by atoms with Gasteiger partial charge in [-0.3, -0.25) is 0 Å². The topological polar surface area (TPSA) is 57.5 Å². The van der Waals surface area contributed by atoms with Crippen LogP contribution < -0.4 is 0 Å². The summed E-state index contributed by atoms with van der Waals surface area (Å²) >= 11 is 0. The van der Waals surface area contributed by atoms with Gasteiger partial charge in [0.1, 0.15) is 5.75 Å². The Morgan fingerprint density at radius 1 is 0.654 bits per heavy atom. The first-order valence-corrected chi connectivity index (χ1v) is 8.78. The second-order valence-electron chi connectivity index (χ2n) is 6.49. The van der Waals surface area contributed by atoms with Gasteiger partial charge in [-0.15, -0.1) is 0 Å². The summed E-state index contributed by atoms with van der Waals surface area (Å²) in [7, 11) is 0. The summed E-state index contributed by atoms with van der Waals surface area (Å²) in [5.41, 5.74) is 5.27. The predicted molar refractivity (Wildman–Crippen MR) is 103 cm³/mol. The van der Waals surface area contributed by atoms with Gasteiger partial charge in [0.2, 0.25) is 0 Å². The van der Waals surface area contributed by atoms with Gasteiger partial charge in [0.25, 0.3) is 0 Å². The Balaban J connectivity index is 1.56. The molecule has 0 atom stereocenters. The van der Waals surface area contributed by atoms with Gasteiger partial charge >= 0.3 is 5.97 Å². The second kappa shape index (κ2) is 8.34. The molecule has 0 aromatic heterocycles. The largest absolute Gasteiger partial charge is 0.508 e. The van der Waals surface area contributed by atoms with E-state index in [1.165, 1.54) is 16.7 Å². The van der Waals surface area contributed by atoms with Crippen LogP contribution in [0.15, 0.2) is 72.8 Å². The van der Waals surface area contributed by atoms with Crippen LogP contribution in [0.2, 0.25) is 0 Å². The highest BCUT2D eigenvalue weighted by atomic mass is 16.4. The van der Waals surface area contributed by atoms with Gasteiger partial charge in [-0.05, 0) is 72.2 Å². The van der Waals surface area contributed by atoms with Gasteiger partial charge in [0.05, 0.1) is 5.56 Å². The quantitative estimate of drug-likeness (QED) is 0.654. The Labute approximate surface area is 153 Å². The third-order valence-electron chi connectivity index (χ3n) is 4.53. The van der Waals surface area contributed by atoms with Crippen molar-refractivity contribution >= 4 is 5.97 Å². The zero-order valence-corrected chi connectivity index (χ0v) is 14.6. The number of phenolic OH excluding ortho intramolecular Hbond substituents is 1. The van der Waals surface area contributed by atoms with E-state index >= 15 is 0 Å². The van der Waals surface area contributed by atoms with Crippen molar-refractivity contribution in [1.29, 1.82) is 0 Å². The molecule has 132 valence electrons. The molecule has 0 unspecified atom stereocenters. The molecule has 0 amide bonds. The number of aromatic carboxylic acids is 1. The molecule has 3 rings (SSSR count). The van der Waals surface area contributed by atoms with E-state index in [4.69, 9.17) is 5.11 Å². The van der Waals surface area contributed by atoms with E-state index in [-0.39, 0.29) is 0 Å². The summed E-state index contributed by atoms with van der Waals surface area (Å²) in [5.74, 6) is -0.593. The molecule has 2 N–H and O–H groups in total. The number of hydrogen-bond donors (Lipinski definition) is 2. The molecule has 3 heteroatoms. The summed E-state index contributed by atoms with van der Waals surface area (Å²) < 4.78 is 0. The number of phenols is 1. The molecular weight excluding hydrogens is 324 g/mol. The van der Waals surface area contributed by atoms with E-state index in [1.807, 2.05) is 24.3 Å². The van der Waals surface area contributed by atoms with Crippen LogP contribution in [0.25, 0.3) is 0 Å². The fourth-order valence-electron chi connectivity index (χ4n) is 2.99. The lowest BCUT2D eigenvalue weighted by Gasteiger charge is -2.07. The van der Waals surface area contributed by atoms with Crippen LogP contribution >= 0.6 is 0 Å².